The number of nitrogens with zero attached hydrogens (tertiary/aromatic N) is 1. The van der Waals surface area contributed by atoms with Crippen molar-refractivity contribution in [3.8, 4) is 0 Å². The van der Waals surface area contributed by atoms with Crippen LogP contribution >= 0.6 is 12.2 Å². The van der Waals surface area contributed by atoms with Gasteiger partial charge in [0.2, 0.25) is 0 Å². The zero-order valence-electron chi connectivity index (χ0n) is 11.1. The van der Waals surface area contributed by atoms with E-state index in [-0.39, 0.29) is 16.5 Å². The summed E-state index contributed by atoms with van der Waals surface area (Å²) in [5.41, 5.74) is 1.50. The molecule has 7 heteroatoms. The van der Waals surface area contributed by atoms with Crippen LogP contribution in [0.3, 0.4) is 0 Å². The number of rotatable bonds is 3. The van der Waals surface area contributed by atoms with Crippen LogP contribution in [-0.4, -0.2) is 10.0 Å². The maximum atomic E-state index is 13.6. The molecular formula is C14H12FN3O2S. The predicted molar refractivity (Wildman–Crippen MR) is 84.1 cm³/mol. The lowest BCUT2D eigenvalue weighted by atomic mass is 10.2. The summed E-state index contributed by atoms with van der Waals surface area (Å²) in [5.74, 6) is -0.616. The Bertz CT molecular complexity index is 706. The maximum Gasteiger partial charge on any atom is 0.271 e. The lowest BCUT2D eigenvalue weighted by Crippen LogP contribution is -2.20. The number of hydrogen-bond donors (Lipinski definition) is 2. The number of nitro benzene ring substituents is 1. The minimum Gasteiger partial charge on any atom is -0.332 e. The molecule has 0 unspecified atom stereocenters. The fraction of sp³-hybridized carbons (Fsp3) is 0.0714. The van der Waals surface area contributed by atoms with Gasteiger partial charge in [0.25, 0.3) is 5.69 Å². The highest BCUT2D eigenvalue weighted by molar-refractivity contribution is 7.80. The summed E-state index contributed by atoms with van der Waals surface area (Å²) in [6.07, 6.45) is 0. The van der Waals surface area contributed by atoms with E-state index in [0.717, 1.165) is 29.4 Å². The molecule has 0 atom stereocenters. The van der Waals surface area contributed by atoms with E-state index in [1.807, 2.05) is 31.2 Å². The van der Waals surface area contributed by atoms with E-state index >= 15 is 0 Å². The number of aryl methyl sites for hydroxylation is 1. The summed E-state index contributed by atoms with van der Waals surface area (Å²) < 4.78 is 13.6. The molecular weight excluding hydrogens is 293 g/mol. The number of non-ortho nitro benzene ring substituents is 1. The van der Waals surface area contributed by atoms with Gasteiger partial charge in [-0.1, -0.05) is 18.2 Å². The van der Waals surface area contributed by atoms with Gasteiger partial charge in [0, 0.05) is 17.8 Å². The molecule has 5 nitrogen and oxygen atoms in total. The molecule has 21 heavy (non-hydrogen) atoms. The average molecular weight is 305 g/mol. The number of para-hydroxylation sites is 1. The fourth-order valence-corrected chi connectivity index (χ4v) is 1.93. The van der Waals surface area contributed by atoms with Crippen LogP contribution in [0.1, 0.15) is 5.56 Å². The first-order valence-corrected chi connectivity index (χ1v) is 6.46. The molecule has 0 aromatic heterocycles. The number of hydrogen-bond acceptors (Lipinski definition) is 3. The number of nitrogens with one attached hydrogen (secondary N) is 2. The van der Waals surface area contributed by atoms with Crippen LogP contribution in [0.25, 0.3) is 0 Å². The summed E-state index contributed by atoms with van der Waals surface area (Å²) in [7, 11) is 0. The van der Waals surface area contributed by atoms with Crippen molar-refractivity contribution in [3.63, 3.8) is 0 Å². The molecule has 0 aliphatic carbocycles. The molecule has 2 rings (SSSR count). The van der Waals surface area contributed by atoms with Gasteiger partial charge >= 0.3 is 0 Å². The predicted octanol–water partition coefficient (Wildman–Crippen LogP) is 3.85. The van der Waals surface area contributed by atoms with Gasteiger partial charge in [-0.25, -0.2) is 4.39 Å². The Hall–Kier alpha value is -2.54. The van der Waals surface area contributed by atoms with Crippen LogP contribution in [0.5, 0.6) is 0 Å². The van der Waals surface area contributed by atoms with E-state index in [1.54, 1.807) is 0 Å². The molecule has 2 N–H and O–H groups in total. The van der Waals surface area contributed by atoms with E-state index in [0.29, 0.717) is 0 Å². The van der Waals surface area contributed by atoms with E-state index in [2.05, 4.69) is 10.6 Å². The Morgan fingerprint density at radius 2 is 1.86 bits per heavy atom. The quantitative estimate of drug-likeness (QED) is 0.512. The van der Waals surface area contributed by atoms with Crippen LogP contribution in [0.4, 0.5) is 21.5 Å². The molecule has 2 aromatic carbocycles. The third-order valence-corrected chi connectivity index (χ3v) is 3.01. The molecule has 0 saturated heterocycles. The van der Waals surface area contributed by atoms with E-state index < -0.39 is 10.7 Å². The van der Waals surface area contributed by atoms with E-state index in [4.69, 9.17) is 12.2 Å². The van der Waals surface area contributed by atoms with Gasteiger partial charge in [-0.3, -0.25) is 10.1 Å². The van der Waals surface area contributed by atoms with Gasteiger partial charge in [0.1, 0.15) is 5.82 Å². The molecule has 0 fully saturated rings. The summed E-state index contributed by atoms with van der Waals surface area (Å²) >= 11 is 5.09. The highest BCUT2D eigenvalue weighted by Crippen LogP contribution is 2.22. The smallest absolute Gasteiger partial charge is 0.271 e. The third kappa shape index (κ3) is 3.73. The monoisotopic (exact) mass is 305 g/mol. The number of nitro groups is 1. The van der Waals surface area contributed by atoms with Crippen LogP contribution in [0.15, 0.2) is 42.5 Å². The van der Waals surface area contributed by atoms with Gasteiger partial charge in [0.15, 0.2) is 5.11 Å². The maximum absolute atomic E-state index is 13.6. The Morgan fingerprint density at radius 1 is 1.19 bits per heavy atom. The van der Waals surface area contributed by atoms with Gasteiger partial charge in [-0.05, 0) is 36.8 Å². The standard InChI is InChI=1S/C14H12FN3O2S/c1-9-4-2-3-5-12(9)16-14(21)17-13-8-10(18(19)20)6-7-11(13)15/h2-8H,1H3,(H2,16,17,21). The first-order chi connectivity index (χ1) is 9.97. The molecule has 0 bridgehead atoms. The van der Waals surface area contributed by atoms with Crippen molar-refractivity contribution in [1.29, 1.82) is 0 Å². The third-order valence-electron chi connectivity index (χ3n) is 2.80. The topological polar surface area (TPSA) is 67.2 Å². The van der Waals surface area contributed by atoms with Crippen molar-refractivity contribution in [2.24, 2.45) is 0 Å². The second-order valence-electron chi connectivity index (χ2n) is 4.32. The number of thiocarbonyl (C=S) groups is 1. The van der Waals surface area contributed by atoms with Crippen molar-refractivity contribution in [3.05, 3.63) is 64.0 Å². The molecule has 0 saturated carbocycles. The molecule has 0 amide bonds. The van der Waals surface area contributed by atoms with Gasteiger partial charge < -0.3 is 10.6 Å². The van der Waals surface area contributed by atoms with Crippen LogP contribution in [-0.2, 0) is 0 Å². The van der Waals surface area contributed by atoms with Gasteiger partial charge in [-0.15, -0.1) is 0 Å². The number of benzene rings is 2. The second kappa shape index (κ2) is 6.27. The zero-order valence-corrected chi connectivity index (χ0v) is 11.9. The second-order valence-corrected chi connectivity index (χ2v) is 4.72. The highest BCUT2D eigenvalue weighted by atomic mass is 32.1. The van der Waals surface area contributed by atoms with Crippen molar-refractivity contribution < 1.29 is 9.31 Å². The molecule has 0 heterocycles. The van der Waals surface area contributed by atoms with Gasteiger partial charge in [0.05, 0.1) is 10.6 Å². The molecule has 2 aromatic rings. The average Bonchev–Trinajstić information content (AvgIpc) is 2.43. The fourth-order valence-electron chi connectivity index (χ4n) is 1.71. The van der Waals surface area contributed by atoms with E-state index in [9.17, 15) is 14.5 Å². The Labute approximate surface area is 125 Å². The molecule has 0 radical (unpaired) electrons. The Morgan fingerprint density at radius 3 is 2.52 bits per heavy atom. The summed E-state index contributed by atoms with van der Waals surface area (Å²) in [4.78, 5) is 10.1. The van der Waals surface area contributed by atoms with Crippen molar-refractivity contribution in [2.75, 3.05) is 10.6 Å². The minimum absolute atomic E-state index is 0.0460. The lowest BCUT2D eigenvalue weighted by Gasteiger charge is -2.12. The summed E-state index contributed by atoms with van der Waals surface area (Å²) in [5, 5.41) is 16.4. The first kappa shape index (κ1) is 14.9. The van der Waals surface area contributed by atoms with Gasteiger partial charge in [-0.2, -0.15) is 0 Å². The van der Waals surface area contributed by atoms with Crippen LogP contribution in [0, 0.1) is 22.9 Å². The highest BCUT2D eigenvalue weighted by Gasteiger charge is 2.12. The first-order valence-electron chi connectivity index (χ1n) is 6.05. The van der Waals surface area contributed by atoms with Crippen LogP contribution < -0.4 is 10.6 Å². The lowest BCUT2D eigenvalue weighted by molar-refractivity contribution is -0.384. The number of anilines is 2. The van der Waals surface area contributed by atoms with Crippen molar-refractivity contribution >= 4 is 34.4 Å². The molecule has 0 spiro atoms. The normalized spacial score (nSPS) is 10.0. The van der Waals surface area contributed by atoms with Crippen molar-refractivity contribution in [1.82, 2.24) is 0 Å². The molecule has 0 aliphatic rings. The van der Waals surface area contributed by atoms with E-state index in [1.165, 1.54) is 0 Å². The molecule has 0 aliphatic heterocycles. The summed E-state index contributed by atoms with van der Waals surface area (Å²) in [6, 6.07) is 10.7. The van der Waals surface area contributed by atoms with Crippen LogP contribution in [0.2, 0.25) is 0 Å². The number of halogens is 1. The molecule has 108 valence electrons. The minimum atomic E-state index is -0.616. The summed E-state index contributed by atoms with van der Waals surface area (Å²) in [6.45, 7) is 1.90. The van der Waals surface area contributed by atoms with Crippen molar-refractivity contribution in [2.45, 2.75) is 6.92 Å². The largest absolute Gasteiger partial charge is 0.332 e. The Kier molecular flexibility index (Phi) is 4.44. The Balaban J connectivity index is 2.15. The SMILES string of the molecule is Cc1ccccc1NC(=S)Nc1cc([N+](=O)[O-])ccc1F. The zero-order chi connectivity index (χ0) is 15.4.